The molecule has 1 aliphatic rings. The Morgan fingerprint density at radius 2 is 1.64 bits per heavy atom. The van der Waals surface area contributed by atoms with E-state index >= 15 is 0 Å². The summed E-state index contributed by atoms with van der Waals surface area (Å²) in [6, 6.07) is 18.3. The number of carbonyl (C=O) groups is 1. The molecule has 0 spiro atoms. The van der Waals surface area contributed by atoms with Crippen LogP contribution in [-0.2, 0) is 4.74 Å². The van der Waals surface area contributed by atoms with Gasteiger partial charge in [-0.2, -0.15) is 0 Å². The Morgan fingerprint density at radius 1 is 1.00 bits per heavy atom. The van der Waals surface area contributed by atoms with Gasteiger partial charge in [-0.25, -0.2) is 4.79 Å². The summed E-state index contributed by atoms with van der Waals surface area (Å²) < 4.78 is 11.6. The lowest BCUT2D eigenvalue weighted by atomic mass is 10.1. The second-order valence-corrected chi connectivity index (χ2v) is 8.12. The van der Waals surface area contributed by atoms with Crippen LogP contribution in [0.4, 0.5) is 4.79 Å². The van der Waals surface area contributed by atoms with E-state index in [1.165, 1.54) is 5.56 Å². The monoisotopic (exact) mass is 379 g/mol. The Kier molecular flexibility index (Phi) is 6.40. The smallest absolute Gasteiger partial charge is 0.410 e. The highest BCUT2D eigenvalue weighted by Crippen LogP contribution is 2.21. The van der Waals surface area contributed by atoms with Crippen molar-refractivity contribution in [2.45, 2.75) is 45.3 Å². The fraction of sp³-hybridized carbons (Fsp3) is 0.375. The van der Waals surface area contributed by atoms with Gasteiger partial charge in [0.15, 0.2) is 0 Å². The number of nitrogens with zero attached hydrogens (tertiary/aromatic N) is 1. The number of piperidine rings is 1. The van der Waals surface area contributed by atoms with Crippen molar-refractivity contribution in [3.63, 3.8) is 0 Å². The van der Waals surface area contributed by atoms with Gasteiger partial charge in [0, 0.05) is 6.54 Å². The van der Waals surface area contributed by atoms with Crippen molar-refractivity contribution in [3.8, 4) is 5.75 Å². The van der Waals surface area contributed by atoms with E-state index in [2.05, 4.69) is 24.3 Å². The molecule has 0 N–H and O–H groups in total. The average Bonchev–Trinajstić information content (AvgIpc) is 2.67. The molecule has 3 rings (SSSR count). The molecule has 0 aromatic heterocycles. The minimum absolute atomic E-state index is 0.00743. The molecule has 1 aliphatic heterocycles. The van der Waals surface area contributed by atoms with E-state index in [0.29, 0.717) is 6.54 Å². The van der Waals surface area contributed by atoms with Crippen molar-refractivity contribution in [1.82, 2.24) is 4.90 Å². The van der Waals surface area contributed by atoms with E-state index in [-0.39, 0.29) is 12.2 Å². The molecule has 0 aliphatic carbocycles. The average molecular weight is 380 g/mol. The standard InChI is InChI=1S/C24H29NO3/c1-24(2,3)28-23(26)25-17-7-10-22(18-25)27-21-15-13-20(14-16-21)12-11-19-8-5-4-6-9-19/h4-6,8-9,11-16,22H,7,10,17-18H2,1-3H3/b12-11-/t22-/m0/s1. The first-order chi connectivity index (χ1) is 13.4. The summed E-state index contributed by atoms with van der Waals surface area (Å²) in [5, 5.41) is 0. The van der Waals surface area contributed by atoms with Crippen LogP contribution in [0.2, 0.25) is 0 Å². The lowest BCUT2D eigenvalue weighted by Gasteiger charge is -2.34. The molecule has 0 unspecified atom stereocenters. The molecule has 2 aromatic rings. The largest absolute Gasteiger partial charge is 0.489 e. The number of hydrogen-bond donors (Lipinski definition) is 0. The highest BCUT2D eigenvalue weighted by atomic mass is 16.6. The quantitative estimate of drug-likeness (QED) is 0.646. The highest BCUT2D eigenvalue weighted by molar-refractivity contribution is 5.70. The Hall–Kier alpha value is -2.75. The van der Waals surface area contributed by atoms with Crippen molar-refractivity contribution in [2.75, 3.05) is 13.1 Å². The molecule has 0 saturated carbocycles. The third-order valence-corrected chi connectivity index (χ3v) is 4.48. The summed E-state index contributed by atoms with van der Waals surface area (Å²) in [6.07, 6.45) is 5.77. The van der Waals surface area contributed by atoms with Crippen LogP contribution in [0.15, 0.2) is 54.6 Å². The number of benzene rings is 2. The van der Waals surface area contributed by atoms with Crippen LogP contribution in [-0.4, -0.2) is 35.8 Å². The van der Waals surface area contributed by atoms with Gasteiger partial charge >= 0.3 is 6.09 Å². The van der Waals surface area contributed by atoms with Crippen molar-refractivity contribution in [2.24, 2.45) is 0 Å². The van der Waals surface area contributed by atoms with Crippen LogP contribution in [0.5, 0.6) is 5.75 Å². The molecule has 1 saturated heterocycles. The molecule has 4 nitrogen and oxygen atoms in total. The molecule has 1 heterocycles. The zero-order chi connectivity index (χ0) is 20.0. The van der Waals surface area contributed by atoms with E-state index in [1.54, 1.807) is 4.90 Å². The lowest BCUT2D eigenvalue weighted by molar-refractivity contribution is 0.00776. The minimum atomic E-state index is -0.478. The third kappa shape index (κ3) is 6.15. The van der Waals surface area contributed by atoms with Crippen LogP contribution in [0.1, 0.15) is 44.7 Å². The first-order valence-electron chi connectivity index (χ1n) is 9.87. The van der Waals surface area contributed by atoms with Gasteiger partial charge in [0.25, 0.3) is 0 Å². The second kappa shape index (κ2) is 8.96. The maximum Gasteiger partial charge on any atom is 0.410 e. The zero-order valence-corrected chi connectivity index (χ0v) is 16.9. The molecule has 148 valence electrons. The minimum Gasteiger partial charge on any atom is -0.489 e. The number of rotatable bonds is 4. The number of carbonyl (C=O) groups excluding carboxylic acids is 1. The Balaban J connectivity index is 1.55. The molecule has 1 fully saturated rings. The fourth-order valence-electron chi connectivity index (χ4n) is 3.13. The molecule has 1 atom stereocenters. The number of hydrogen-bond acceptors (Lipinski definition) is 3. The van der Waals surface area contributed by atoms with Gasteiger partial charge in [0.05, 0.1) is 6.54 Å². The molecule has 0 bridgehead atoms. The van der Waals surface area contributed by atoms with E-state index in [1.807, 2.05) is 63.2 Å². The zero-order valence-electron chi connectivity index (χ0n) is 16.9. The lowest BCUT2D eigenvalue weighted by Crippen LogP contribution is -2.46. The van der Waals surface area contributed by atoms with Crippen molar-refractivity contribution >= 4 is 18.2 Å². The summed E-state index contributed by atoms with van der Waals surface area (Å²) in [4.78, 5) is 14.0. The molecule has 1 amide bonds. The maximum atomic E-state index is 12.3. The first-order valence-corrected chi connectivity index (χ1v) is 9.87. The molecular formula is C24H29NO3. The third-order valence-electron chi connectivity index (χ3n) is 4.48. The first kappa shape index (κ1) is 20.0. The van der Waals surface area contributed by atoms with E-state index in [4.69, 9.17) is 9.47 Å². The Bertz CT molecular complexity index is 791. The summed E-state index contributed by atoms with van der Waals surface area (Å²) in [7, 11) is 0. The number of ether oxygens (including phenoxy) is 2. The van der Waals surface area contributed by atoms with Crippen molar-refractivity contribution in [3.05, 3.63) is 65.7 Å². The normalized spacial score (nSPS) is 17.5. The van der Waals surface area contributed by atoms with Gasteiger partial charge in [-0.15, -0.1) is 0 Å². The number of likely N-dealkylation sites (tertiary alicyclic amines) is 1. The Morgan fingerprint density at radius 3 is 2.29 bits per heavy atom. The van der Waals surface area contributed by atoms with Gasteiger partial charge in [-0.1, -0.05) is 54.6 Å². The highest BCUT2D eigenvalue weighted by Gasteiger charge is 2.28. The molecular weight excluding hydrogens is 350 g/mol. The van der Waals surface area contributed by atoms with Crippen LogP contribution in [0.25, 0.3) is 12.2 Å². The molecule has 2 aromatic carbocycles. The number of amides is 1. The maximum absolute atomic E-state index is 12.3. The Labute approximate surface area is 167 Å². The van der Waals surface area contributed by atoms with Gasteiger partial charge in [-0.05, 0) is 56.9 Å². The van der Waals surface area contributed by atoms with Crippen LogP contribution < -0.4 is 4.74 Å². The van der Waals surface area contributed by atoms with E-state index in [0.717, 1.165) is 30.7 Å². The van der Waals surface area contributed by atoms with Gasteiger partial charge in [0.1, 0.15) is 17.5 Å². The molecule has 0 radical (unpaired) electrons. The SMILES string of the molecule is CC(C)(C)OC(=O)N1CCC[C@H](Oc2ccc(/C=C\c3ccccc3)cc2)C1. The topological polar surface area (TPSA) is 38.8 Å². The van der Waals surface area contributed by atoms with Crippen LogP contribution >= 0.6 is 0 Å². The van der Waals surface area contributed by atoms with Gasteiger partial charge in [-0.3, -0.25) is 0 Å². The fourth-order valence-corrected chi connectivity index (χ4v) is 3.13. The van der Waals surface area contributed by atoms with Crippen LogP contribution in [0.3, 0.4) is 0 Å². The van der Waals surface area contributed by atoms with E-state index in [9.17, 15) is 4.79 Å². The van der Waals surface area contributed by atoms with E-state index < -0.39 is 5.60 Å². The van der Waals surface area contributed by atoms with Gasteiger partial charge in [0.2, 0.25) is 0 Å². The predicted molar refractivity (Wildman–Crippen MR) is 113 cm³/mol. The van der Waals surface area contributed by atoms with Crippen molar-refractivity contribution in [1.29, 1.82) is 0 Å². The van der Waals surface area contributed by atoms with Crippen LogP contribution in [0, 0.1) is 0 Å². The summed E-state index contributed by atoms with van der Waals surface area (Å²) in [6.45, 7) is 6.94. The molecule has 28 heavy (non-hydrogen) atoms. The summed E-state index contributed by atoms with van der Waals surface area (Å²) in [5.41, 5.74) is 1.82. The predicted octanol–water partition coefficient (Wildman–Crippen LogP) is 5.64. The summed E-state index contributed by atoms with van der Waals surface area (Å²) >= 11 is 0. The molecule has 4 heteroatoms. The summed E-state index contributed by atoms with van der Waals surface area (Å²) in [5.74, 6) is 0.827. The second-order valence-electron chi connectivity index (χ2n) is 8.12. The van der Waals surface area contributed by atoms with Crippen molar-refractivity contribution < 1.29 is 14.3 Å². The van der Waals surface area contributed by atoms with Gasteiger partial charge < -0.3 is 14.4 Å².